The van der Waals surface area contributed by atoms with Crippen LogP contribution in [0.3, 0.4) is 0 Å². The van der Waals surface area contributed by atoms with E-state index in [0.29, 0.717) is 31.0 Å². The van der Waals surface area contributed by atoms with Gasteiger partial charge in [-0.1, -0.05) is 24.3 Å². The Morgan fingerprint density at radius 2 is 1.68 bits per heavy atom. The first kappa shape index (κ1) is 26.8. The van der Waals surface area contributed by atoms with Crippen LogP contribution in [0.2, 0.25) is 0 Å². The molecule has 0 saturated carbocycles. The van der Waals surface area contributed by atoms with Crippen LogP contribution >= 0.6 is 0 Å². The highest BCUT2D eigenvalue weighted by Gasteiger charge is 2.17. The lowest BCUT2D eigenvalue weighted by molar-refractivity contribution is 0.0952. The van der Waals surface area contributed by atoms with Gasteiger partial charge in [0.1, 0.15) is 12.4 Å². The molecule has 3 aromatic rings. The lowest BCUT2D eigenvalue weighted by Gasteiger charge is -2.19. The molecule has 1 unspecified atom stereocenters. The summed E-state index contributed by atoms with van der Waals surface area (Å²) >= 11 is 0. The van der Waals surface area contributed by atoms with Gasteiger partial charge in [-0.2, -0.15) is 0 Å². The molecule has 1 atom stereocenters. The summed E-state index contributed by atoms with van der Waals surface area (Å²) in [5.41, 5.74) is 2.19. The van der Waals surface area contributed by atoms with Crippen molar-refractivity contribution >= 4 is 15.7 Å². The molecule has 2 aromatic carbocycles. The SMILES string of the molecule is CS(=O)(=O)c1ccc(C(CCNC(=O)c2ccc(OCCN3CCCC3)nc2)c2ccc(F)cc2)cc1. The fraction of sp³-hybridized carbons (Fsp3) is 0.357. The Hall–Kier alpha value is -3.30. The van der Waals surface area contributed by atoms with Gasteiger partial charge in [0.05, 0.1) is 10.5 Å². The molecule has 0 spiro atoms. The van der Waals surface area contributed by atoms with E-state index in [0.717, 1.165) is 37.0 Å². The molecule has 1 aromatic heterocycles. The van der Waals surface area contributed by atoms with Crippen molar-refractivity contribution in [2.45, 2.75) is 30.1 Å². The van der Waals surface area contributed by atoms with Crippen molar-refractivity contribution in [3.05, 3.63) is 89.4 Å². The molecule has 2 heterocycles. The average molecular weight is 526 g/mol. The number of hydrogen-bond acceptors (Lipinski definition) is 6. The fourth-order valence-corrected chi connectivity index (χ4v) is 5.12. The highest BCUT2D eigenvalue weighted by molar-refractivity contribution is 7.90. The predicted octanol–water partition coefficient (Wildman–Crippen LogP) is 4.05. The first-order valence-electron chi connectivity index (χ1n) is 12.4. The van der Waals surface area contributed by atoms with Crippen LogP contribution < -0.4 is 10.1 Å². The van der Waals surface area contributed by atoms with Gasteiger partial charge in [-0.25, -0.2) is 17.8 Å². The van der Waals surface area contributed by atoms with Crippen LogP contribution in [-0.4, -0.2) is 63.3 Å². The van der Waals surface area contributed by atoms with E-state index in [1.807, 2.05) is 0 Å². The Morgan fingerprint density at radius 1 is 1.03 bits per heavy atom. The Morgan fingerprint density at radius 3 is 2.27 bits per heavy atom. The summed E-state index contributed by atoms with van der Waals surface area (Å²) in [6.45, 7) is 4.03. The largest absolute Gasteiger partial charge is 0.476 e. The number of pyridine rings is 1. The summed E-state index contributed by atoms with van der Waals surface area (Å²) in [6, 6.07) is 16.3. The molecule has 0 aliphatic carbocycles. The maximum absolute atomic E-state index is 13.5. The number of sulfone groups is 1. The first-order chi connectivity index (χ1) is 17.8. The lowest BCUT2D eigenvalue weighted by atomic mass is 9.88. The normalized spacial score (nSPS) is 14.9. The molecule has 37 heavy (non-hydrogen) atoms. The van der Waals surface area contributed by atoms with Crippen LogP contribution in [0.15, 0.2) is 71.8 Å². The van der Waals surface area contributed by atoms with Crippen molar-refractivity contribution in [1.29, 1.82) is 0 Å². The highest BCUT2D eigenvalue weighted by atomic mass is 32.2. The molecule has 1 saturated heterocycles. The zero-order valence-electron chi connectivity index (χ0n) is 20.9. The zero-order chi connectivity index (χ0) is 26.3. The third-order valence-corrected chi connectivity index (χ3v) is 7.68. The van der Waals surface area contributed by atoms with Crippen molar-refractivity contribution in [3.63, 3.8) is 0 Å². The van der Waals surface area contributed by atoms with Gasteiger partial charge in [-0.3, -0.25) is 9.69 Å². The van der Waals surface area contributed by atoms with Gasteiger partial charge in [-0.15, -0.1) is 0 Å². The van der Waals surface area contributed by atoms with Gasteiger partial charge in [0.2, 0.25) is 5.88 Å². The number of hydrogen-bond donors (Lipinski definition) is 1. The maximum atomic E-state index is 13.5. The first-order valence-corrected chi connectivity index (χ1v) is 14.3. The molecule has 1 fully saturated rings. The van der Waals surface area contributed by atoms with E-state index in [1.54, 1.807) is 48.5 Å². The maximum Gasteiger partial charge on any atom is 0.252 e. The Labute approximate surface area is 217 Å². The topological polar surface area (TPSA) is 88.6 Å². The molecular weight excluding hydrogens is 493 g/mol. The second-order valence-electron chi connectivity index (χ2n) is 9.27. The molecule has 7 nitrogen and oxygen atoms in total. The van der Waals surface area contributed by atoms with Crippen molar-refractivity contribution in [3.8, 4) is 5.88 Å². The molecule has 1 aliphatic rings. The number of amides is 1. The third kappa shape index (κ3) is 7.60. The number of carbonyl (C=O) groups excluding carboxylic acids is 1. The van der Waals surface area contributed by atoms with Gasteiger partial charge >= 0.3 is 0 Å². The molecule has 1 N–H and O–H groups in total. The van der Waals surface area contributed by atoms with Crippen molar-refractivity contribution in [2.75, 3.05) is 39.0 Å². The number of nitrogens with zero attached hydrogens (tertiary/aromatic N) is 2. The van der Waals surface area contributed by atoms with Crippen LogP contribution in [0.4, 0.5) is 4.39 Å². The summed E-state index contributed by atoms with van der Waals surface area (Å²) in [4.78, 5) is 19.5. The molecule has 0 radical (unpaired) electrons. The van der Waals surface area contributed by atoms with E-state index < -0.39 is 9.84 Å². The van der Waals surface area contributed by atoms with E-state index in [2.05, 4.69) is 15.2 Å². The van der Waals surface area contributed by atoms with Crippen LogP contribution in [0.5, 0.6) is 5.88 Å². The zero-order valence-corrected chi connectivity index (χ0v) is 21.7. The van der Waals surface area contributed by atoms with E-state index >= 15 is 0 Å². The molecular formula is C28H32FN3O4S. The molecule has 1 amide bonds. The number of nitrogens with one attached hydrogen (secondary N) is 1. The average Bonchev–Trinajstić information content (AvgIpc) is 3.41. The van der Waals surface area contributed by atoms with Crippen molar-refractivity contribution in [2.24, 2.45) is 0 Å². The number of carbonyl (C=O) groups is 1. The minimum atomic E-state index is -3.31. The van der Waals surface area contributed by atoms with Gasteiger partial charge in [0.25, 0.3) is 5.91 Å². The molecule has 9 heteroatoms. The molecule has 196 valence electrons. The Kier molecular flexibility index (Phi) is 8.89. The smallest absolute Gasteiger partial charge is 0.252 e. The minimum absolute atomic E-state index is 0.154. The van der Waals surface area contributed by atoms with Crippen LogP contribution in [-0.2, 0) is 9.84 Å². The fourth-order valence-electron chi connectivity index (χ4n) is 4.49. The number of halogens is 1. The van der Waals surface area contributed by atoms with Gasteiger partial charge in [0, 0.05) is 37.5 Å². The predicted molar refractivity (Wildman–Crippen MR) is 140 cm³/mol. The Balaban J connectivity index is 1.34. The van der Waals surface area contributed by atoms with Crippen molar-refractivity contribution < 1.29 is 22.3 Å². The van der Waals surface area contributed by atoms with Gasteiger partial charge < -0.3 is 10.1 Å². The monoisotopic (exact) mass is 525 g/mol. The summed E-state index contributed by atoms with van der Waals surface area (Å²) in [6.07, 6.45) is 5.68. The molecule has 0 bridgehead atoms. The number of rotatable bonds is 11. The van der Waals surface area contributed by atoms with Gasteiger partial charge in [0.15, 0.2) is 9.84 Å². The second-order valence-corrected chi connectivity index (χ2v) is 11.3. The van der Waals surface area contributed by atoms with Crippen LogP contribution in [0.1, 0.15) is 46.7 Å². The summed E-state index contributed by atoms with van der Waals surface area (Å²) in [7, 11) is -3.31. The second kappa shape index (κ2) is 12.3. The number of benzene rings is 2. The standard InChI is InChI=1S/C28H32FN3O4S/c1-37(34,35)25-11-6-22(7-12-25)26(21-4-9-24(29)10-5-21)14-15-30-28(33)23-8-13-27(31-20-23)36-19-18-32-16-2-3-17-32/h4-13,20,26H,2-3,14-19H2,1H3,(H,30,33). The third-order valence-electron chi connectivity index (χ3n) is 6.56. The number of likely N-dealkylation sites (tertiary alicyclic amines) is 1. The molecule has 1 aliphatic heterocycles. The van der Waals surface area contributed by atoms with Crippen molar-refractivity contribution in [1.82, 2.24) is 15.2 Å². The van der Waals surface area contributed by atoms with E-state index in [9.17, 15) is 17.6 Å². The number of ether oxygens (including phenoxy) is 1. The van der Waals surface area contributed by atoms with E-state index in [1.165, 1.54) is 31.2 Å². The number of aromatic nitrogens is 1. The quantitative estimate of drug-likeness (QED) is 0.406. The Bertz CT molecular complexity index is 1270. The summed E-state index contributed by atoms with van der Waals surface area (Å²) in [5, 5.41) is 2.92. The van der Waals surface area contributed by atoms with Crippen LogP contribution in [0.25, 0.3) is 0 Å². The minimum Gasteiger partial charge on any atom is -0.476 e. The van der Waals surface area contributed by atoms with E-state index in [4.69, 9.17) is 4.74 Å². The molecule has 4 rings (SSSR count). The summed E-state index contributed by atoms with van der Waals surface area (Å²) < 4.78 is 42.9. The summed E-state index contributed by atoms with van der Waals surface area (Å²) in [5.74, 6) is -0.246. The highest BCUT2D eigenvalue weighted by Crippen LogP contribution is 2.29. The van der Waals surface area contributed by atoms with Crippen LogP contribution in [0, 0.1) is 5.82 Å². The lowest BCUT2D eigenvalue weighted by Crippen LogP contribution is -2.26. The van der Waals surface area contributed by atoms with Gasteiger partial charge in [-0.05, 0) is 73.8 Å². The van der Waals surface area contributed by atoms with E-state index in [-0.39, 0.29) is 22.5 Å².